The lowest BCUT2D eigenvalue weighted by Crippen LogP contribution is -2.18. The highest BCUT2D eigenvalue weighted by Crippen LogP contribution is 2.18. The van der Waals surface area contributed by atoms with Gasteiger partial charge in [0.2, 0.25) is 0 Å². The Morgan fingerprint density at radius 2 is 1.52 bits per heavy atom. The summed E-state index contributed by atoms with van der Waals surface area (Å²) in [4.78, 5) is 28.9. The zero-order chi connectivity index (χ0) is 17.6. The van der Waals surface area contributed by atoms with Crippen molar-refractivity contribution in [2.45, 2.75) is 0 Å². The molecule has 1 aromatic heterocycles. The van der Waals surface area contributed by atoms with E-state index < -0.39 is 0 Å². The Morgan fingerprint density at radius 3 is 2.24 bits per heavy atom. The van der Waals surface area contributed by atoms with Crippen LogP contribution in [0.15, 0.2) is 72.9 Å². The highest BCUT2D eigenvalue weighted by atomic mass is 35.5. The third-order valence-electron chi connectivity index (χ3n) is 3.43. The van der Waals surface area contributed by atoms with Gasteiger partial charge >= 0.3 is 0 Å². The fourth-order valence-electron chi connectivity index (χ4n) is 2.21. The van der Waals surface area contributed by atoms with Gasteiger partial charge in [-0.2, -0.15) is 0 Å². The first kappa shape index (κ1) is 16.7. The second-order valence-electron chi connectivity index (χ2n) is 5.18. The van der Waals surface area contributed by atoms with Gasteiger partial charge in [-0.3, -0.25) is 9.59 Å². The van der Waals surface area contributed by atoms with E-state index in [1.807, 2.05) is 0 Å². The van der Waals surface area contributed by atoms with Crippen LogP contribution < -0.4 is 10.6 Å². The number of carbonyl (C=O) groups is 2. The number of para-hydroxylation sites is 1. The van der Waals surface area contributed by atoms with E-state index in [0.717, 1.165) is 0 Å². The lowest BCUT2D eigenvalue weighted by atomic mass is 10.1. The molecule has 2 N–H and O–H groups in total. The van der Waals surface area contributed by atoms with Crippen molar-refractivity contribution in [3.8, 4) is 0 Å². The average Bonchev–Trinajstić information content (AvgIpc) is 2.63. The van der Waals surface area contributed by atoms with Crippen molar-refractivity contribution in [2.75, 3.05) is 10.6 Å². The predicted octanol–water partition coefficient (Wildman–Crippen LogP) is 4.24. The number of halogens is 1. The summed E-state index contributed by atoms with van der Waals surface area (Å²) in [6, 6.07) is 18.5. The minimum Gasteiger partial charge on any atom is -0.321 e. The Bertz CT molecular complexity index is 896. The normalized spacial score (nSPS) is 10.1. The number of hydrogen-bond donors (Lipinski definition) is 2. The summed E-state index contributed by atoms with van der Waals surface area (Å²) < 4.78 is 0. The van der Waals surface area contributed by atoms with Crippen molar-refractivity contribution < 1.29 is 9.59 Å². The maximum atomic E-state index is 12.5. The summed E-state index contributed by atoms with van der Waals surface area (Å²) in [6.07, 6.45) is 1.59. The molecule has 2 aromatic carbocycles. The van der Waals surface area contributed by atoms with E-state index in [4.69, 9.17) is 11.6 Å². The third kappa shape index (κ3) is 4.22. The van der Waals surface area contributed by atoms with Crippen LogP contribution in [0.2, 0.25) is 5.02 Å². The minimum atomic E-state index is -0.356. The summed E-state index contributed by atoms with van der Waals surface area (Å²) in [5.41, 5.74) is 1.20. The molecule has 0 fully saturated rings. The maximum absolute atomic E-state index is 12.5. The smallest absolute Gasteiger partial charge is 0.258 e. The molecule has 5 nitrogen and oxygen atoms in total. The van der Waals surface area contributed by atoms with Gasteiger partial charge in [0.05, 0.1) is 11.3 Å². The number of rotatable bonds is 4. The molecule has 0 radical (unpaired) electrons. The second-order valence-corrected chi connectivity index (χ2v) is 5.61. The molecule has 0 aliphatic rings. The van der Waals surface area contributed by atoms with Crippen molar-refractivity contribution in [2.24, 2.45) is 0 Å². The van der Waals surface area contributed by atoms with Gasteiger partial charge in [0, 0.05) is 16.8 Å². The van der Waals surface area contributed by atoms with Crippen LogP contribution in [0.5, 0.6) is 0 Å². The van der Waals surface area contributed by atoms with Crippen LogP contribution in [0.25, 0.3) is 0 Å². The largest absolute Gasteiger partial charge is 0.321 e. The number of amides is 2. The van der Waals surface area contributed by atoms with Crippen LogP contribution in [0.3, 0.4) is 0 Å². The van der Waals surface area contributed by atoms with Gasteiger partial charge < -0.3 is 10.6 Å². The number of hydrogen-bond acceptors (Lipinski definition) is 3. The molecule has 6 heteroatoms. The zero-order valence-electron chi connectivity index (χ0n) is 13.1. The van der Waals surface area contributed by atoms with E-state index in [1.165, 1.54) is 0 Å². The van der Waals surface area contributed by atoms with Gasteiger partial charge in [-0.25, -0.2) is 4.98 Å². The number of nitrogens with zero attached hydrogens (tertiary/aromatic N) is 1. The molecule has 0 bridgehead atoms. The molecular formula is C19H14ClN3O2. The topological polar surface area (TPSA) is 71.1 Å². The van der Waals surface area contributed by atoms with E-state index in [-0.39, 0.29) is 11.8 Å². The molecule has 0 unspecified atom stereocenters. The average molecular weight is 352 g/mol. The summed E-state index contributed by atoms with van der Waals surface area (Å²) >= 11 is 5.83. The van der Waals surface area contributed by atoms with Gasteiger partial charge in [0.15, 0.2) is 0 Å². The minimum absolute atomic E-state index is 0.324. The van der Waals surface area contributed by atoms with E-state index in [1.54, 1.807) is 72.9 Å². The van der Waals surface area contributed by atoms with Crippen LogP contribution in [-0.2, 0) is 0 Å². The lowest BCUT2D eigenvalue weighted by Gasteiger charge is -2.11. The summed E-state index contributed by atoms with van der Waals surface area (Å²) in [5.74, 6) is -0.244. The van der Waals surface area contributed by atoms with Gasteiger partial charge in [-0.15, -0.1) is 0 Å². The number of nitrogens with one attached hydrogen (secondary N) is 2. The van der Waals surface area contributed by atoms with Crippen LogP contribution in [0.4, 0.5) is 11.5 Å². The fourth-order valence-corrected chi connectivity index (χ4v) is 2.33. The van der Waals surface area contributed by atoms with E-state index in [2.05, 4.69) is 15.6 Å². The second kappa shape index (κ2) is 7.59. The molecule has 3 rings (SSSR count). The van der Waals surface area contributed by atoms with Crippen molar-refractivity contribution in [3.63, 3.8) is 0 Å². The number of aromatic nitrogens is 1. The van der Waals surface area contributed by atoms with E-state index in [0.29, 0.717) is 27.7 Å². The molecule has 0 aliphatic heterocycles. The Kier molecular flexibility index (Phi) is 5.06. The van der Waals surface area contributed by atoms with Gasteiger partial charge in [-0.05, 0) is 48.5 Å². The Labute approximate surface area is 149 Å². The Balaban J connectivity index is 1.79. The first-order valence-electron chi connectivity index (χ1n) is 7.52. The van der Waals surface area contributed by atoms with Crippen LogP contribution >= 0.6 is 11.6 Å². The molecule has 0 atom stereocenters. The first-order chi connectivity index (χ1) is 12.1. The summed E-state index contributed by atoms with van der Waals surface area (Å²) in [7, 11) is 0. The summed E-state index contributed by atoms with van der Waals surface area (Å²) in [6.45, 7) is 0. The molecule has 0 aliphatic carbocycles. The number of pyridine rings is 1. The van der Waals surface area contributed by atoms with Gasteiger partial charge in [0.1, 0.15) is 5.82 Å². The number of carbonyl (C=O) groups excluding carboxylic acids is 2. The Hall–Kier alpha value is -3.18. The van der Waals surface area contributed by atoms with Crippen molar-refractivity contribution in [1.29, 1.82) is 0 Å². The zero-order valence-corrected chi connectivity index (χ0v) is 13.8. The van der Waals surface area contributed by atoms with Crippen LogP contribution in [-0.4, -0.2) is 16.8 Å². The predicted molar refractivity (Wildman–Crippen MR) is 98.0 cm³/mol. The van der Waals surface area contributed by atoms with Crippen molar-refractivity contribution in [3.05, 3.63) is 89.1 Å². The fraction of sp³-hybridized carbons (Fsp3) is 0. The highest BCUT2D eigenvalue weighted by Gasteiger charge is 2.14. The molecule has 0 saturated heterocycles. The SMILES string of the molecule is O=C(Nc1ccccc1C(=O)Nc1ccccn1)c1ccc(Cl)cc1. The molecule has 124 valence electrons. The Morgan fingerprint density at radius 1 is 0.800 bits per heavy atom. The molecule has 0 spiro atoms. The third-order valence-corrected chi connectivity index (χ3v) is 3.68. The monoisotopic (exact) mass is 351 g/mol. The van der Waals surface area contributed by atoms with Gasteiger partial charge in [0.25, 0.3) is 11.8 Å². The summed E-state index contributed by atoms with van der Waals surface area (Å²) in [5, 5.41) is 6.00. The standard InChI is InChI=1S/C19H14ClN3O2/c20-14-10-8-13(9-11-14)18(24)22-16-6-2-1-5-15(16)19(25)23-17-7-3-4-12-21-17/h1-12H,(H,22,24)(H,21,23,25). The van der Waals surface area contributed by atoms with Crippen LogP contribution in [0, 0.1) is 0 Å². The molecule has 3 aromatic rings. The quantitative estimate of drug-likeness (QED) is 0.738. The highest BCUT2D eigenvalue weighted by molar-refractivity contribution is 6.30. The van der Waals surface area contributed by atoms with E-state index >= 15 is 0 Å². The van der Waals surface area contributed by atoms with Crippen molar-refractivity contribution >= 4 is 34.9 Å². The molecule has 25 heavy (non-hydrogen) atoms. The first-order valence-corrected chi connectivity index (χ1v) is 7.89. The van der Waals surface area contributed by atoms with E-state index in [9.17, 15) is 9.59 Å². The van der Waals surface area contributed by atoms with Crippen molar-refractivity contribution in [1.82, 2.24) is 4.98 Å². The molecule has 2 amide bonds. The molecule has 0 saturated carbocycles. The number of benzene rings is 2. The maximum Gasteiger partial charge on any atom is 0.258 e. The molecular weight excluding hydrogens is 338 g/mol. The molecule has 1 heterocycles. The lowest BCUT2D eigenvalue weighted by molar-refractivity contribution is 0.102. The number of anilines is 2. The van der Waals surface area contributed by atoms with Gasteiger partial charge in [-0.1, -0.05) is 29.8 Å². The van der Waals surface area contributed by atoms with Crippen LogP contribution in [0.1, 0.15) is 20.7 Å².